The van der Waals surface area contributed by atoms with E-state index in [1.807, 2.05) is 55.4 Å². The molecule has 0 aliphatic carbocycles. The van der Waals surface area contributed by atoms with E-state index < -0.39 is 23.0 Å². The van der Waals surface area contributed by atoms with Gasteiger partial charge in [0, 0.05) is 25.2 Å². The molecule has 2 atom stereocenters. The van der Waals surface area contributed by atoms with Crippen molar-refractivity contribution >= 4 is 23.0 Å². The Morgan fingerprint density at radius 1 is 0.625 bits per heavy atom. The smallest absolute Gasteiger partial charge is 0.418 e. The summed E-state index contributed by atoms with van der Waals surface area (Å²) in [7, 11) is -9.15. The fraction of sp³-hybridized carbons (Fsp3) is 0.818. The third-order valence-electron chi connectivity index (χ3n) is 4.90. The minimum Gasteiger partial charge on any atom is -0.422 e. The Labute approximate surface area is 196 Å². The molecule has 0 aliphatic heterocycles. The van der Waals surface area contributed by atoms with Gasteiger partial charge in [-0.3, -0.25) is 9.13 Å². The zero-order valence-corrected chi connectivity index (χ0v) is 24.1. The highest BCUT2D eigenvalue weighted by molar-refractivity contribution is 7.63. The van der Waals surface area contributed by atoms with Crippen LogP contribution in [0.2, 0.25) is 0 Å². The maximum atomic E-state index is 13.5. The molecule has 0 rings (SSSR count). The molecule has 0 N–H and O–H groups in total. The second-order valence-corrected chi connectivity index (χ2v) is 13.3. The summed E-state index contributed by atoms with van der Waals surface area (Å²) >= 11 is 0. The monoisotopic (exact) mass is 514 g/mol. The summed E-state index contributed by atoms with van der Waals surface area (Å²) in [5.41, 5.74) is 0. The lowest BCUT2D eigenvalue weighted by molar-refractivity contribution is 0.296. The highest BCUT2D eigenvalue weighted by Gasteiger charge is 2.32. The van der Waals surface area contributed by atoms with Crippen LogP contribution in [-0.4, -0.2) is 25.5 Å². The lowest BCUT2D eigenvalue weighted by Gasteiger charge is -2.24. The first-order chi connectivity index (χ1) is 15.2. The van der Waals surface area contributed by atoms with Crippen LogP contribution in [-0.2, 0) is 31.8 Å². The van der Waals surface area contributed by atoms with E-state index in [1.54, 1.807) is 0 Å². The van der Waals surface area contributed by atoms with Gasteiger partial charge in [0.1, 0.15) is 11.5 Å². The van der Waals surface area contributed by atoms with E-state index in [2.05, 4.69) is 0 Å². The minimum absolute atomic E-state index is 0.330. The van der Waals surface area contributed by atoms with Crippen molar-refractivity contribution in [2.45, 2.75) is 93.9 Å². The van der Waals surface area contributed by atoms with Crippen molar-refractivity contribution in [1.29, 1.82) is 0 Å². The maximum absolute atomic E-state index is 13.5. The van der Waals surface area contributed by atoms with Gasteiger partial charge in [0.2, 0.25) is 14.7 Å². The summed E-state index contributed by atoms with van der Waals surface area (Å²) in [6.45, 7) is 15.7. The zero-order chi connectivity index (χ0) is 24.8. The Morgan fingerprint density at radius 3 is 1.19 bits per heavy atom. The molecule has 0 amide bonds. The summed E-state index contributed by atoms with van der Waals surface area (Å²) in [6, 6.07) is 0. The van der Waals surface area contributed by atoms with Gasteiger partial charge >= 0.3 is 8.25 Å². The third-order valence-corrected chi connectivity index (χ3v) is 11.9. The second kappa shape index (κ2) is 16.3. The summed E-state index contributed by atoms with van der Waals surface area (Å²) in [5, 5.41) is 1.16. The molecule has 10 heteroatoms. The number of allylic oxidation sites excluding steroid dienone is 4. The Hall–Kier alpha value is -0.310. The van der Waals surface area contributed by atoms with Crippen molar-refractivity contribution in [2.24, 2.45) is 0 Å². The predicted molar refractivity (Wildman–Crippen MR) is 135 cm³/mol. The largest absolute Gasteiger partial charge is 0.422 e. The summed E-state index contributed by atoms with van der Waals surface area (Å²) in [6.07, 6.45) is 4.02. The van der Waals surface area contributed by atoms with Gasteiger partial charge in [-0.1, -0.05) is 41.5 Å². The Balaban J connectivity index is 6.10. The molecule has 0 aliphatic rings. The van der Waals surface area contributed by atoms with Crippen molar-refractivity contribution < 1.29 is 31.8 Å². The van der Waals surface area contributed by atoms with Gasteiger partial charge in [0.15, 0.2) is 0 Å². The van der Waals surface area contributed by atoms with E-state index in [9.17, 15) is 13.7 Å². The molecule has 2 unspecified atom stereocenters. The second-order valence-electron chi connectivity index (χ2n) is 7.24. The van der Waals surface area contributed by atoms with E-state index in [0.29, 0.717) is 86.2 Å². The first kappa shape index (κ1) is 31.7. The Kier molecular flexibility index (Phi) is 16.2. The van der Waals surface area contributed by atoms with Crippen molar-refractivity contribution in [1.82, 2.24) is 0 Å². The molecule has 0 radical (unpaired) electrons. The molecule has 190 valence electrons. The van der Waals surface area contributed by atoms with Gasteiger partial charge in [-0.15, -0.1) is 0 Å². The fourth-order valence-corrected chi connectivity index (χ4v) is 10.1. The van der Waals surface area contributed by atoms with Gasteiger partial charge in [-0.25, -0.2) is 4.57 Å². The van der Waals surface area contributed by atoms with E-state index >= 15 is 0 Å². The van der Waals surface area contributed by atoms with Gasteiger partial charge in [0.25, 0.3) is 0 Å². The van der Waals surface area contributed by atoms with Crippen molar-refractivity contribution in [3.63, 3.8) is 0 Å². The van der Waals surface area contributed by atoms with Crippen LogP contribution in [0.1, 0.15) is 93.9 Å². The third kappa shape index (κ3) is 9.15. The summed E-state index contributed by atoms with van der Waals surface area (Å²) < 4.78 is 62.7. The van der Waals surface area contributed by atoms with E-state index in [1.165, 1.54) is 0 Å². The van der Waals surface area contributed by atoms with E-state index in [0.717, 1.165) is 0 Å². The highest BCUT2D eigenvalue weighted by atomic mass is 31.2. The molecule has 32 heavy (non-hydrogen) atoms. The number of hydrogen-bond donors (Lipinski definition) is 0. The van der Waals surface area contributed by atoms with Gasteiger partial charge in [-0.05, 0) is 39.5 Å². The molecule has 0 saturated carbocycles. The van der Waals surface area contributed by atoms with Crippen LogP contribution < -0.4 is 0 Å². The molecule has 0 bridgehead atoms. The number of hydrogen-bond acceptors (Lipinski definition) is 7. The standard InChI is InChI=1S/C22H45O7P3/c1-9-17-31(24,26-15-7)21(13-5)19(11-3)28-30(23)29-20(12-4)22(14-6)32(25,18-10-2)27-16-8/h30H,9-18H2,1-8H3/b21-19-,22-20-. The molecular weight excluding hydrogens is 469 g/mol. The quantitative estimate of drug-likeness (QED) is 0.133. The van der Waals surface area contributed by atoms with Crippen LogP contribution in [0.25, 0.3) is 0 Å². The molecule has 0 fully saturated rings. The normalized spacial score (nSPS) is 18.1. The van der Waals surface area contributed by atoms with Crippen LogP contribution in [0.5, 0.6) is 0 Å². The van der Waals surface area contributed by atoms with Crippen LogP contribution in [0, 0.1) is 0 Å². The van der Waals surface area contributed by atoms with Crippen LogP contribution in [0.3, 0.4) is 0 Å². The van der Waals surface area contributed by atoms with Crippen molar-refractivity contribution in [3.05, 3.63) is 22.1 Å². The highest BCUT2D eigenvalue weighted by Crippen LogP contribution is 2.60. The maximum Gasteiger partial charge on any atom is 0.418 e. The molecule has 7 nitrogen and oxygen atoms in total. The first-order valence-electron chi connectivity index (χ1n) is 12.0. The van der Waals surface area contributed by atoms with Crippen molar-refractivity contribution in [3.8, 4) is 0 Å². The molecule has 0 spiro atoms. The minimum atomic E-state index is -3.07. The zero-order valence-electron chi connectivity index (χ0n) is 21.3. The lowest BCUT2D eigenvalue weighted by Crippen LogP contribution is -2.03. The molecule has 0 heterocycles. The molecule has 0 aromatic carbocycles. The molecule has 0 aromatic heterocycles. The van der Waals surface area contributed by atoms with Crippen LogP contribution in [0.4, 0.5) is 0 Å². The Morgan fingerprint density at radius 2 is 0.969 bits per heavy atom. The first-order valence-corrected chi connectivity index (χ1v) is 16.8. The van der Waals surface area contributed by atoms with Crippen LogP contribution in [0.15, 0.2) is 22.1 Å². The molecule has 0 aromatic rings. The lowest BCUT2D eigenvalue weighted by atomic mass is 10.3. The average Bonchev–Trinajstić information content (AvgIpc) is 2.73. The topological polar surface area (TPSA) is 88.1 Å². The van der Waals surface area contributed by atoms with Gasteiger partial charge in [-0.2, -0.15) is 0 Å². The fourth-order valence-electron chi connectivity index (χ4n) is 3.71. The SMILES string of the molecule is CCCP(=O)(OCC)/C(CC)=C(/CC)O[PH](=O)O/C(CC)=C(/CC)P(=O)(CCC)OCC. The van der Waals surface area contributed by atoms with Crippen LogP contribution >= 0.6 is 23.0 Å². The predicted octanol–water partition coefficient (Wildman–Crippen LogP) is 8.92. The van der Waals surface area contributed by atoms with Gasteiger partial charge < -0.3 is 18.1 Å². The molecular formula is C22H45O7P3. The number of rotatable bonds is 18. The van der Waals surface area contributed by atoms with Crippen molar-refractivity contribution in [2.75, 3.05) is 25.5 Å². The average molecular weight is 515 g/mol. The summed E-state index contributed by atoms with van der Waals surface area (Å²) in [5.74, 6) is 0.799. The van der Waals surface area contributed by atoms with E-state index in [-0.39, 0.29) is 0 Å². The van der Waals surface area contributed by atoms with Gasteiger partial charge in [0.05, 0.1) is 23.8 Å². The summed E-state index contributed by atoms with van der Waals surface area (Å²) in [4.78, 5) is 0. The Bertz CT molecular complexity index is 664. The molecule has 0 saturated heterocycles. The van der Waals surface area contributed by atoms with E-state index in [4.69, 9.17) is 18.1 Å².